The Morgan fingerprint density at radius 1 is 1.25 bits per heavy atom. The van der Waals surface area contributed by atoms with Gasteiger partial charge in [0.25, 0.3) is 0 Å². The van der Waals surface area contributed by atoms with Gasteiger partial charge in [-0.05, 0) is 44.8 Å². The molecule has 0 radical (unpaired) electrons. The molecular weight excluding hydrogens is 263 g/mol. The van der Waals surface area contributed by atoms with E-state index in [1.807, 2.05) is 31.1 Å². The maximum atomic E-state index is 11.7. The number of hydrogen-bond donors (Lipinski definition) is 1. The van der Waals surface area contributed by atoms with E-state index in [0.717, 1.165) is 25.2 Å². The number of unbranched alkanes of at least 4 members (excludes halogenated alkanes) is 1. The molecule has 0 atom stereocenters. The minimum atomic E-state index is -0.262. The van der Waals surface area contributed by atoms with Gasteiger partial charge in [-0.15, -0.1) is 0 Å². The Kier molecular flexibility index (Phi) is 10.8. The number of likely N-dealkylation sites (N-methyl/N-ethyl adjacent to an activating group) is 1. The Labute approximate surface area is 144 Å². The first kappa shape index (κ1) is 19.4. The van der Waals surface area contributed by atoms with Gasteiger partial charge in [-0.1, -0.05) is 13.3 Å². The number of esters is 1. The number of hydrogen-bond acceptors (Lipinski definition) is 4. The number of benzene rings is 1. The number of ether oxygens (including phenoxy) is 1. The van der Waals surface area contributed by atoms with Crippen molar-refractivity contribution < 1.29 is 9.53 Å². The maximum absolute atomic E-state index is 11.7. The average Bonchev–Trinajstić information content (AvgIpc) is 2.39. The molecule has 0 fully saturated rings. The van der Waals surface area contributed by atoms with Crippen molar-refractivity contribution in [3.63, 3.8) is 0 Å². The summed E-state index contributed by atoms with van der Waals surface area (Å²) in [5, 5.41) is 3.31. The number of carbonyl (C=O) groups is 1. The van der Waals surface area contributed by atoms with Crippen molar-refractivity contribution in [3.8, 4) is 0 Å². The van der Waals surface area contributed by atoms with Crippen LogP contribution >= 0.6 is 0 Å². The fraction of sp³-hybridized carbons (Fsp3) is 0.533. The van der Waals surface area contributed by atoms with Gasteiger partial charge in [0.15, 0.2) is 0 Å². The summed E-state index contributed by atoms with van der Waals surface area (Å²) in [4.78, 5) is 13.7. The Balaban J connectivity index is 0.00000361. The van der Waals surface area contributed by atoms with Crippen LogP contribution in [0.15, 0.2) is 24.3 Å². The van der Waals surface area contributed by atoms with Crippen LogP contribution in [0.3, 0.4) is 0 Å². The Bertz CT molecular complexity index is 380. The molecule has 20 heavy (non-hydrogen) atoms. The molecular formula is C15H25N2NaO2. The van der Waals surface area contributed by atoms with Gasteiger partial charge in [0.2, 0.25) is 0 Å². The van der Waals surface area contributed by atoms with Crippen molar-refractivity contribution in [1.29, 1.82) is 0 Å². The first-order valence-corrected chi connectivity index (χ1v) is 6.79. The first-order valence-electron chi connectivity index (χ1n) is 6.79. The molecule has 1 aromatic carbocycles. The van der Waals surface area contributed by atoms with Crippen molar-refractivity contribution >= 4 is 41.2 Å². The van der Waals surface area contributed by atoms with Gasteiger partial charge in [-0.3, -0.25) is 0 Å². The van der Waals surface area contributed by atoms with E-state index in [1.165, 1.54) is 6.42 Å². The van der Waals surface area contributed by atoms with Crippen LogP contribution in [-0.4, -0.2) is 74.2 Å². The zero-order valence-corrected chi connectivity index (χ0v) is 12.1. The molecule has 0 saturated heterocycles. The summed E-state index contributed by atoms with van der Waals surface area (Å²) in [6, 6.07) is 7.43. The molecule has 0 aliphatic rings. The molecule has 1 rings (SSSR count). The van der Waals surface area contributed by atoms with Gasteiger partial charge in [0, 0.05) is 18.8 Å². The molecule has 0 heterocycles. The van der Waals surface area contributed by atoms with E-state index in [9.17, 15) is 4.79 Å². The predicted molar refractivity (Wildman–Crippen MR) is 85.8 cm³/mol. The summed E-state index contributed by atoms with van der Waals surface area (Å²) < 4.78 is 5.18. The topological polar surface area (TPSA) is 41.6 Å². The van der Waals surface area contributed by atoms with Crippen molar-refractivity contribution in [2.24, 2.45) is 0 Å². The van der Waals surface area contributed by atoms with Crippen LogP contribution in [0, 0.1) is 0 Å². The van der Waals surface area contributed by atoms with Gasteiger partial charge >= 0.3 is 35.5 Å². The molecule has 0 unspecified atom stereocenters. The second-order valence-electron chi connectivity index (χ2n) is 4.80. The third-order valence-electron chi connectivity index (χ3n) is 2.75. The van der Waals surface area contributed by atoms with E-state index in [-0.39, 0.29) is 35.5 Å². The quantitative estimate of drug-likeness (QED) is 0.451. The van der Waals surface area contributed by atoms with Crippen LogP contribution in [0.5, 0.6) is 0 Å². The zero-order valence-electron chi connectivity index (χ0n) is 12.1. The Morgan fingerprint density at radius 3 is 2.45 bits per heavy atom. The molecule has 4 nitrogen and oxygen atoms in total. The zero-order chi connectivity index (χ0) is 14.1. The summed E-state index contributed by atoms with van der Waals surface area (Å²) in [6.07, 6.45) is 2.32. The summed E-state index contributed by atoms with van der Waals surface area (Å²) in [6.45, 7) is 4.28. The normalized spacial score (nSPS) is 10.0. The molecule has 0 spiro atoms. The van der Waals surface area contributed by atoms with Crippen LogP contribution in [0.4, 0.5) is 5.69 Å². The summed E-state index contributed by atoms with van der Waals surface area (Å²) >= 11 is 0. The molecule has 1 aromatic rings. The van der Waals surface area contributed by atoms with Crippen LogP contribution in [-0.2, 0) is 4.74 Å². The van der Waals surface area contributed by atoms with Gasteiger partial charge in [-0.25, -0.2) is 4.79 Å². The van der Waals surface area contributed by atoms with Gasteiger partial charge in [0.05, 0.1) is 5.56 Å². The second kappa shape index (κ2) is 11.1. The van der Waals surface area contributed by atoms with Gasteiger partial charge in [-0.2, -0.15) is 0 Å². The molecule has 108 valence electrons. The van der Waals surface area contributed by atoms with Crippen molar-refractivity contribution in [2.75, 3.05) is 39.1 Å². The summed E-state index contributed by atoms with van der Waals surface area (Å²) in [5.74, 6) is -0.262. The van der Waals surface area contributed by atoms with E-state index in [1.54, 1.807) is 12.1 Å². The summed E-state index contributed by atoms with van der Waals surface area (Å²) in [7, 11) is 3.90. The standard InChI is InChI=1S/C15H24N2O2.Na.H/c1-4-5-10-16-14-8-6-13(7-9-14)15(18)19-12-11-17(2)3;;/h6-9,16H,4-5,10-12H2,1-3H3;;. The number of anilines is 1. The average molecular weight is 288 g/mol. The molecule has 1 N–H and O–H groups in total. The number of rotatable bonds is 8. The number of carbonyl (C=O) groups excluding carboxylic acids is 1. The van der Waals surface area contributed by atoms with Gasteiger partial charge in [0.1, 0.15) is 6.61 Å². The van der Waals surface area contributed by atoms with Crippen LogP contribution < -0.4 is 5.32 Å². The third-order valence-corrected chi connectivity index (χ3v) is 2.75. The predicted octanol–water partition coefficient (Wildman–Crippen LogP) is 1.97. The fourth-order valence-corrected chi connectivity index (χ4v) is 1.54. The minimum absolute atomic E-state index is 0. The fourth-order valence-electron chi connectivity index (χ4n) is 1.54. The summed E-state index contributed by atoms with van der Waals surface area (Å²) in [5.41, 5.74) is 1.64. The van der Waals surface area contributed by atoms with Crippen LogP contribution in [0.25, 0.3) is 0 Å². The molecule has 0 aliphatic heterocycles. The molecule has 0 saturated carbocycles. The van der Waals surface area contributed by atoms with E-state index >= 15 is 0 Å². The molecule has 0 aliphatic carbocycles. The molecule has 0 amide bonds. The monoisotopic (exact) mass is 288 g/mol. The first-order chi connectivity index (χ1) is 9.13. The van der Waals surface area contributed by atoms with E-state index in [2.05, 4.69) is 12.2 Å². The molecule has 5 heteroatoms. The van der Waals surface area contributed by atoms with Crippen LogP contribution in [0.1, 0.15) is 30.1 Å². The molecule has 0 bridgehead atoms. The SMILES string of the molecule is CCCCNc1ccc(C(=O)OCCN(C)C)cc1.[NaH]. The van der Waals surface area contributed by atoms with Crippen molar-refractivity contribution in [1.82, 2.24) is 4.90 Å². The Hall–Kier alpha value is -0.550. The van der Waals surface area contributed by atoms with E-state index < -0.39 is 0 Å². The third kappa shape index (κ3) is 7.90. The van der Waals surface area contributed by atoms with Crippen molar-refractivity contribution in [2.45, 2.75) is 19.8 Å². The number of nitrogens with one attached hydrogen (secondary N) is 1. The van der Waals surface area contributed by atoms with E-state index in [0.29, 0.717) is 12.2 Å². The Morgan fingerprint density at radius 2 is 1.90 bits per heavy atom. The van der Waals surface area contributed by atoms with Gasteiger partial charge < -0.3 is 15.0 Å². The number of nitrogens with zero attached hydrogens (tertiary/aromatic N) is 1. The van der Waals surface area contributed by atoms with Crippen LogP contribution in [0.2, 0.25) is 0 Å². The molecule has 0 aromatic heterocycles. The van der Waals surface area contributed by atoms with Crippen molar-refractivity contribution in [3.05, 3.63) is 29.8 Å². The van der Waals surface area contributed by atoms with E-state index in [4.69, 9.17) is 4.74 Å². The second-order valence-corrected chi connectivity index (χ2v) is 4.80.